The lowest BCUT2D eigenvalue weighted by atomic mass is 10.1. The van der Waals surface area contributed by atoms with Crippen molar-refractivity contribution in [2.75, 3.05) is 10.8 Å². The fraction of sp³-hybridized carbons (Fsp3) is 0.172. The average Bonchev–Trinajstić information content (AvgIpc) is 3.16. The lowest BCUT2D eigenvalue weighted by molar-refractivity contribution is -0.119. The number of carbonyl (C=O) groups excluding carboxylic acids is 1. The highest BCUT2D eigenvalue weighted by atomic mass is 35.5. The minimum absolute atomic E-state index is 0.0903. The third-order valence-electron chi connectivity index (χ3n) is 6.13. The van der Waals surface area contributed by atoms with Crippen LogP contribution in [0.2, 0.25) is 10.0 Å². The van der Waals surface area contributed by atoms with Crippen LogP contribution in [0.4, 0.5) is 5.69 Å². The Kier molecular flexibility index (Phi) is 8.49. The van der Waals surface area contributed by atoms with E-state index in [1.165, 1.54) is 18.3 Å². The van der Waals surface area contributed by atoms with Gasteiger partial charge in [-0.1, -0.05) is 47.5 Å². The Morgan fingerprint density at radius 3 is 2.28 bits per heavy atom. The van der Waals surface area contributed by atoms with Crippen molar-refractivity contribution in [2.24, 2.45) is 5.10 Å². The standard InChI is InChI=1S/C29H28Cl2N4O3S/c1-19-12-20(2)14-25(13-19)34(39(37,38)26-8-6-5-7-9-26)18-29(36)33-32-17-23-15-21(3)35(22(23)4)28-16-24(30)10-11-27(28)31/h5-17H,18H2,1-4H3,(H,33,36)/b32-17+. The molecule has 39 heavy (non-hydrogen) atoms. The van der Waals surface area contributed by atoms with Crippen molar-refractivity contribution in [1.82, 2.24) is 9.99 Å². The van der Waals surface area contributed by atoms with Crippen LogP contribution in [0.3, 0.4) is 0 Å². The molecule has 0 unspecified atom stereocenters. The number of rotatable bonds is 8. The molecule has 1 aromatic heterocycles. The van der Waals surface area contributed by atoms with Crippen molar-refractivity contribution in [2.45, 2.75) is 32.6 Å². The second-order valence-corrected chi connectivity index (χ2v) is 11.9. The maximum Gasteiger partial charge on any atom is 0.264 e. The molecule has 0 aliphatic carbocycles. The molecule has 0 saturated carbocycles. The number of anilines is 1. The first-order valence-electron chi connectivity index (χ1n) is 12.1. The van der Waals surface area contributed by atoms with Crippen molar-refractivity contribution in [3.8, 4) is 5.69 Å². The molecule has 0 aliphatic heterocycles. The number of nitrogens with one attached hydrogen (secondary N) is 1. The van der Waals surface area contributed by atoms with E-state index in [2.05, 4.69) is 10.5 Å². The Hall–Kier alpha value is -3.59. The number of hydrogen-bond acceptors (Lipinski definition) is 4. The molecule has 0 bridgehead atoms. The Morgan fingerprint density at radius 1 is 0.949 bits per heavy atom. The van der Waals surface area contributed by atoms with E-state index >= 15 is 0 Å². The number of amides is 1. The van der Waals surface area contributed by atoms with Gasteiger partial charge in [0.05, 0.1) is 27.5 Å². The van der Waals surface area contributed by atoms with E-state index in [9.17, 15) is 13.2 Å². The van der Waals surface area contributed by atoms with E-state index < -0.39 is 22.5 Å². The summed E-state index contributed by atoms with van der Waals surface area (Å²) in [6.45, 7) is 7.13. The molecule has 0 spiro atoms. The van der Waals surface area contributed by atoms with E-state index in [0.717, 1.165) is 38.1 Å². The molecule has 0 radical (unpaired) electrons. The van der Waals surface area contributed by atoms with Crippen LogP contribution in [0.5, 0.6) is 0 Å². The van der Waals surface area contributed by atoms with Crippen molar-refractivity contribution >= 4 is 51.0 Å². The second-order valence-electron chi connectivity index (χ2n) is 9.22. The molecule has 0 fully saturated rings. The minimum atomic E-state index is -4.01. The largest absolute Gasteiger partial charge is 0.316 e. The summed E-state index contributed by atoms with van der Waals surface area (Å²) in [7, 11) is -4.01. The lowest BCUT2D eigenvalue weighted by Crippen LogP contribution is -2.39. The van der Waals surface area contributed by atoms with Crippen LogP contribution in [0.1, 0.15) is 28.1 Å². The molecule has 202 valence electrons. The van der Waals surface area contributed by atoms with Crippen LogP contribution in [0.25, 0.3) is 5.69 Å². The number of benzene rings is 3. The highest BCUT2D eigenvalue weighted by Gasteiger charge is 2.27. The molecule has 0 saturated heterocycles. The maximum atomic E-state index is 13.5. The number of carbonyl (C=O) groups is 1. The summed E-state index contributed by atoms with van der Waals surface area (Å²) in [5.74, 6) is -0.586. The van der Waals surface area contributed by atoms with Gasteiger partial charge in [0.2, 0.25) is 0 Å². The molecule has 3 aromatic carbocycles. The SMILES string of the molecule is Cc1cc(C)cc(N(CC(=O)N/N=C/c2cc(C)n(-c3cc(Cl)ccc3Cl)c2C)S(=O)(=O)c2ccccc2)c1. The fourth-order valence-electron chi connectivity index (χ4n) is 4.42. The number of halogens is 2. The van der Waals surface area contributed by atoms with Gasteiger partial charge in [-0.25, -0.2) is 13.8 Å². The molecule has 1 heterocycles. The van der Waals surface area contributed by atoms with Crippen LogP contribution >= 0.6 is 23.2 Å². The molecule has 0 aliphatic rings. The van der Waals surface area contributed by atoms with Gasteiger partial charge in [0.15, 0.2) is 0 Å². The Labute approximate surface area is 238 Å². The van der Waals surface area contributed by atoms with Crippen LogP contribution in [0, 0.1) is 27.7 Å². The molecule has 7 nitrogen and oxygen atoms in total. The van der Waals surface area contributed by atoms with Gasteiger partial charge in [0.1, 0.15) is 6.54 Å². The molecule has 0 atom stereocenters. The number of aromatic nitrogens is 1. The quantitative estimate of drug-likeness (QED) is 0.194. The number of hydrazone groups is 1. The van der Waals surface area contributed by atoms with Gasteiger partial charge < -0.3 is 4.57 Å². The minimum Gasteiger partial charge on any atom is -0.316 e. The van der Waals surface area contributed by atoms with Crippen molar-refractivity contribution in [1.29, 1.82) is 0 Å². The normalized spacial score (nSPS) is 11.6. The monoisotopic (exact) mass is 582 g/mol. The molecular weight excluding hydrogens is 555 g/mol. The van der Waals surface area contributed by atoms with Gasteiger partial charge in [-0.05, 0) is 87.4 Å². The van der Waals surface area contributed by atoms with Crippen LogP contribution in [-0.2, 0) is 14.8 Å². The molecule has 1 amide bonds. The van der Waals surface area contributed by atoms with E-state index in [1.807, 2.05) is 44.4 Å². The third kappa shape index (κ3) is 6.36. The van der Waals surface area contributed by atoms with E-state index in [1.54, 1.807) is 48.5 Å². The average molecular weight is 584 g/mol. The number of aryl methyl sites for hydroxylation is 3. The molecule has 1 N–H and O–H groups in total. The van der Waals surface area contributed by atoms with Gasteiger partial charge in [-0.3, -0.25) is 9.10 Å². The van der Waals surface area contributed by atoms with Crippen molar-refractivity contribution in [3.05, 3.63) is 111 Å². The fourth-order valence-corrected chi connectivity index (χ4v) is 6.21. The predicted octanol–water partition coefficient (Wildman–Crippen LogP) is 6.36. The predicted molar refractivity (Wildman–Crippen MR) is 158 cm³/mol. The number of nitrogens with zero attached hydrogens (tertiary/aromatic N) is 3. The van der Waals surface area contributed by atoms with Crippen LogP contribution in [0.15, 0.2) is 82.8 Å². The van der Waals surface area contributed by atoms with Crippen LogP contribution in [-0.4, -0.2) is 31.7 Å². The van der Waals surface area contributed by atoms with Crippen molar-refractivity contribution < 1.29 is 13.2 Å². The molecule has 4 aromatic rings. The van der Waals surface area contributed by atoms with Crippen molar-refractivity contribution in [3.63, 3.8) is 0 Å². The van der Waals surface area contributed by atoms with E-state index in [-0.39, 0.29) is 4.90 Å². The molecule has 10 heteroatoms. The highest BCUT2D eigenvalue weighted by Crippen LogP contribution is 2.29. The summed E-state index contributed by atoms with van der Waals surface area (Å²) >= 11 is 12.6. The number of sulfonamides is 1. The Morgan fingerprint density at radius 2 is 1.62 bits per heavy atom. The molecule has 4 rings (SSSR count). The summed E-state index contributed by atoms with van der Waals surface area (Å²) in [6, 6.07) is 20.6. The summed E-state index contributed by atoms with van der Waals surface area (Å²) in [4.78, 5) is 13.0. The summed E-state index contributed by atoms with van der Waals surface area (Å²) in [5, 5.41) is 5.21. The van der Waals surface area contributed by atoms with E-state index in [0.29, 0.717) is 15.7 Å². The van der Waals surface area contributed by atoms with Crippen LogP contribution < -0.4 is 9.73 Å². The van der Waals surface area contributed by atoms with Gasteiger partial charge in [0.25, 0.3) is 15.9 Å². The topological polar surface area (TPSA) is 83.8 Å². The molecular formula is C29H28Cl2N4O3S. The zero-order chi connectivity index (χ0) is 28.3. The van der Waals surface area contributed by atoms with Gasteiger partial charge in [-0.15, -0.1) is 0 Å². The summed E-state index contributed by atoms with van der Waals surface area (Å²) in [5.41, 5.74) is 7.87. The maximum absolute atomic E-state index is 13.5. The zero-order valence-corrected chi connectivity index (χ0v) is 24.3. The Bertz CT molecular complexity index is 1650. The highest BCUT2D eigenvalue weighted by molar-refractivity contribution is 7.92. The second kappa shape index (κ2) is 11.7. The third-order valence-corrected chi connectivity index (χ3v) is 8.47. The summed E-state index contributed by atoms with van der Waals surface area (Å²) < 4.78 is 30.1. The zero-order valence-electron chi connectivity index (χ0n) is 21.9. The van der Waals surface area contributed by atoms with Gasteiger partial charge in [0, 0.05) is 22.0 Å². The lowest BCUT2D eigenvalue weighted by Gasteiger charge is -2.24. The smallest absolute Gasteiger partial charge is 0.264 e. The first kappa shape index (κ1) is 28.4. The number of hydrogen-bond donors (Lipinski definition) is 1. The summed E-state index contributed by atoms with van der Waals surface area (Å²) in [6.07, 6.45) is 1.52. The first-order valence-corrected chi connectivity index (χ1v) is 14.3. The van der Waals surface area contributed by atoms with E-state index in [4.69, 9.17) is 23.2 Å². The Balaban J connectivity index is 1.58. The van der Waals surface area contributed by atoms with Gasteiger partial charge in [-0.2, -0.15) is 5.10 Å². The van der Waals surface area contributed by atoms with Gasteiger partial charge >= 0.3 is 0 Å². The first-order chi connectivity index (χ1) is 18.5.